The second kappa shape index (κ2) is 4.81. The molecule has 2 heterocycles. The van der Waals surface area contributed by atoms with E-state index in [1.54, 1.807) is 0 Å². The number of aryl methyl sites for hydroxylation is 1. The Morgan fingerprint density at radius 3 is 2.90 bits per heavy atom. The molecule has 0 bridgehead atoms. The predicted octanol–water partition coefficient (Wildman–Crippen LogP) is 2.50. The summed E-state index contributed by atoms with van der Waals surface area (Å²) in [6.45, 7) is 1.85. The van der Waals surface area contributed by atoms with Crippen molar-refractivity contribution in [2.45, 2.75) is 6.92 Å². The van der Waals surface area contributed by atoms with Crippen LogP contribution in [-0.2, 0) is 0 Å². The van der Waals surface area contributed by atoms with E-state index in [-0.39, 0.29) is 15.7 Å². The first-order valence-electron chi connectivity index (χ1n) is 5.71. The molecule has 100 valence electrons. The molecule has 0 aliphatic heterocycles. The fourth-order valence-corrected chi connectivity index (χ4v) is 3.08. The molecule has 20 heavy (non-hydrogen) atoms. The van der Waals surface area contributed by atoms with E-state index in [1.807, 2.05) is 25.1 Å². The molecule has 7 heteroatoms. The van der Waals surface area contributed by atoms with Crippen LogP contribution in [0.5, 0.6) is 0 Å². The van der Waals surface area contributed by atoms with Crippen molar-refractivity contribution in [3.63, 3.8) is 0 Å². The smallest absolute Gasteiger partial charge is 0.266 e. The first-order chi connectivity index (χ1) is 9.58. The van der Waals surface area contributed by atoms with Gasteiger partial charge in [0.05, 0.1) is 10.2 Å². The molecule has 0 aliphatic rings. The first kappa shape index (κ1) is 13.0. The molecule has 0 radical (unpaired) electrons. The van der Waals surface area contributed by atoms with E-state index >= 15 is 0 Å². The number of halogens is 1. The maximum absolute atomic E-state index is 12.5. The summed E-state index contributed by atoms with van der Waals surface area (Å²) in [7, 11) is 0. The maximum atomic E-state index is 12.5. The van der Waals surface area contributed by atoms with Crippen molar-refractivity contribution < 1.29 is 4.79 Å². The number of fused-ring (bicyclic) bond motifs is 1. The predicted molar refractivity (Wildman–Crippen MR) is 77.6 cm³/mol. The van der Waals surface area contributed by atoms with Crippen molar-refractivity contribution >= 4 is 39.1 Å². The van der Waals surface area contributed by atoms with E-state index in [2.05, 4.69) is 9.97 Å². The molecule has 5 nitrogen and oxygen atoms in total. The van der Waals surface area contributed by atoms with Crippen molar-refractivity contribution in [1.29, 1.82) is 0 Å². The summed E-state index contributed by atoms with van der Waals surface area (Å²) < 4.78 is 1.90. The molecule has 0 unspecified atom stereocenters. The molecule has 0 saturated heterocycles. The highest BCUT2D eigenvalue weighted by atomic mass is 35.5. The number of nitrogens with zero attached hydrogens (tertiary/aromatic N) is 3. The van der Waals surface area contributed by atoms with Gasteiger partial charge in [-0.25, -0.2) is 14.5 Å². The third-order valence-electron chi connectivity index (χ3n) is 2.86. The van der Waals surface area contributed by atoms with Gasteiger partial charge < -0.3 is 0 Å². The van der Waals surface area contributed by atoms with Crippen LogP contribution in [0, 0.1) is 6.92 Å². The van der Waals surface area contributed by atoms with Crippen LogP contribution in [-0.4, -0.2) is 20.4 Å². The van der Waals surface area contributed by atoms with Gasteiger partial charge in [0.15, 0.2) is 0 Å². The second-order valence-electron chi connectivity index (χ2n) is 4.16. The highest BCUT2D eigenvalue weighted by Crippen LogP contribution is 2.21. The minimum atomic E-state index is -0.500. The lowest BCUT2D eigenvalue weighted by Crippen LogP contribution is -2.23. The molecular weight excluding hydrogens is 298 g/mol. The first-order valence-corrected chi connectivity index (χ1v) is 6.91. The molecule has 0 saturated carbocycles. The van der Waals surface area contributed by atoms with Crippen molar-refractivity contribution in [2.24, 2.45) is 0 Å². The summed E-state index contributed by atoms with van der Waals surface area (Å²) in [6.07, 6.45) is 1.20. The van der Waals surface area contributed by atoms with Gasteiger partial charge in [0.2, 0.25) is 0 Å². The molecule has 0 aliphatic carbocycles. The molecule has 1 aromatic carbocycles. The van der Waals surface area contributed by atoms with Gasteiger partial charge >= 0.3 is 4.87 Å². The monoisotopic (exact) mass is 305 g/mol. The third kappa shape index (κ3) is 2.03. The summed E-state index contributed by atoms with van der Waals surface area (Å²) in [4.78, 5) is 31.8. The average molecular weight is 306 g/mol. The summed E-state index contributed by atoms with van der Waals surface area (Å²) in [6, 6.07) is 6.86. The van der Waals surface area contributed by atoms with Crippen LogP contribution in [0.3, 0.4) is 0 Å². The second-order valence-corrected chi connectivity index (χ2v) is 5.54. The number of aromatic nitrogens is 3. The van der Waals surface area contributed by atoms with Gasteiger partial charge in [-0.3, -0.25) is 9.59 Å². The van der Waals surface area contributed by atoms with Crippen LogP contribution >= 0.6 is 22.9 Å². The zero-order valence-corrected chi connectivity index (χ0v) is 11.9. The Kier molecular flexibility index (Phi) is 3.11. The molecule has 2 aromatic heterocycles. The average Bonchev–Trinajstić information content (AvgIpc) is 2.75. The number of hydrogen-bond acceptors (Lipinski definition) is 5. The van der Waals surface area contributed by atoms with Crippen LogP contribution < -0.4 is 4.87 Å². The summed E-state index contributed by atoms with van der Waals surface area (Å²) in [5, 5.41) is 0.160. The highest BCUT2D eigenvalue weighted by molar-refractivity contribution is 7.16. The number of benzene rings is 1. The molecule has 0 amide bonds. The molecule has 0 N–H and O–H groups in total. The minimum absolute atomic E-state index is 0.0926. The van der Waals surface area contributed by atoms with E-state index in [0.29, 0.717) is 5.52 Å². The minimum Gasteiger partial charge on any atom is -0.266 e. The number of carbonyl (C=O) groups is 1. The Bertz CT molecular complexity index is 885. The van der Waals surface area contributed by atoms with Crippen molar-refractivity contribution in [1.82, 2.24) is 14.5 Å². The highest BCUT2D eigenvalue weighted by Gasteiger charge is 2.18. The van der Waals surface area contributed by atoms with Crippen molar-refractivity contribution in [2.75, 3.05) is 0 Å². The largest absolute Gasteiger partial charge is 0.315 e. The lowest BCUT2D eigenvalue weighted by atomic mass is 10.2. The zero-order chi connectivity index (χ0) is 14.3. The lowest BCUT2D eigenvalue weighted by molar-refractivity contribution is 0.0957. The van der Waals surface area contributed by atoms with Crippen LogP contribution in [0.1, 0.15) is 16.1 Å². The van der Waals surface area contributed by atoms with Crippen LogP contribution in [0.4, 0.5) is 0 Å². The summed E-state index contributed by atoms with van der Waals surface area (Å²) in [5.41, 5.74) is 1.56. The Morgan fingerprint density at radius 1 is 1.35 bits per heavy atom. The van der Waals surface area contributed by atoms with Gasteiger partial charge in [-0.15, -0.1) is 0 Å². The van der Waals surface area contributed by atoms with E-state index in [0.717, 1.165) is 26.2 Å². The number of thiazole rings is 1. The van der Waals surface area contributed by atoms with Crippen molar-refractivity contribution in [3.8, 4) is 0 Å². The number of para-hydroxylation sites is 1. The van der Waals surface area contributed by atoms with E-state index in [9.17, 15) is 9.59 Å². The molecule has 0 spiro atoms. The Morgan fingerprint density at radius 2 is 2.15 bits per heavy atom. The van der Waals surface area contributed by atoms with Crippen LogP contribution in [0.15, 0.2) is 35.4 Å². The van der Waals surface area contributed by atoms with E-state index in [1.165, 1.54) is 12.4 Å². The Balaban J connectivity index is 2.27. The number of carbonyl (C=O) groups excluding carboxylic acids is 1. The zero-order valence-electron chi connectivity index (χ0n) is 10.3. The quantitative estimate of drug-likeness (QED) is 0.648. The van der Waals surface area contributed by atoms with Gasteiger partial charge in [-0.05, 0) is 18.6 Å². The Labute approximate surface area is 122 Å². The molecule has 3 rings (SSSR count). The van der Waals surface area contributed by atoms with Gasteiger partial charge in [-0.2, -0.15) is 0 Å². The van der Waals surface area contributed by atoms with E-state index < -0.39 is 5.91 Å². The number of hydrogen-bond donors (Lipinski definition) is 0. The topological polar surface area (TPSA) is 64.8 Å². The fraction of sp³-hybridized carbons (Fsp3) is 0.0769. The molecular formula is C13H8ClN3O2S. The number of rotatable bonds is 1. The Hall–Kier alpha value is -2.05. The maximum Gasteiger partial charge on any atom is 0.315 e. The standard InChI is InChI=1S/C13H8ClN3O2S/c1-7-3-2-4-9-11(7)17(13(19)20-9)12(18)8-5-10(14)16-6-15-8/h2-6H,1H3. The lowest BCUT2D eigenvalue weighted by Gasteiger charge is -2.04. The van der Waals surface area contributed by atoms with Crippen LogP contribution in [0.25, 0.3) is 10.2 Å². The van der Waals surface area contributed by atoms with Gasteiger partial charge in [0.25, 0.3) is 5.91 Å². The van der Waals surface area contributed by atoms with Gasteiger partial charge in [-0.1, -0.05) is 35.1 Å². The third-order valence-corrected chi connectivity index (χ3v) is 3.97. The SMILES string of the molecule is Cc1cccc2sc(=O)n(C(=O)c3cc(Cl)ncn3)c12. The van der Waals surface area contributed by atoms with Gasteiger partial charge in [0.1, 0.15) is 17.2 Å². The van der Waals surface area contributed by atoms with Gasteiger partial charge in [0, 0.05) is 6.07 Å². The normalized spacial score (nSPS) is 10.9. The molecule has 0 atom stereocenters. The van der Waals surface area contributed by atoms with Crippen molar-refractivity contribution in [3.05, 3.63) is 56.7 Å². The summed E-state index contributed by atoms with van der Waals surface area (Å²) in [5.74, 6) is -0.500. The van der Waals surface area contributed by atoms with E-state index in [4.69, 9.17) is 11.6 Å². The molecule has 0 fully saturated rings. The summed E-state index contributed by atoms with van der Waals surface area (Å²) >= 11 is 6.78. The fourth-order valence-electron chi connectivity index (χ4n) is 1.98. The molecule has 3 aromatic rings. The van der Waals surface area contributed by atoms with Crippen LogP contribution in [0.2, 0.25) is 5.15 Å².